The van der Waals surface area contributed by atoms with E-state index in [1.54, 1.807) is 13.0 Å². The van der Waals surface area contributed by atoms with Crippen molar-refractivity contribution >= 4 is 40.2 Å². The molecule has 0 aliphatic rings. The van der Waals surface area contributed by atoms with Gasteiger partial charge in [0.25, 0.3) is 11.6 Å². The zero-order valence-electron chi connectivity index (χ0n) is 9.58. The Labute approximate surface area is 116 Å². The minimum atomic E-state index is -0.587. The van der Waals surface area contributed by atoms with E-state index in [2.05, 4.69) is 15.5 Å². The molecule has 9 heteroatoms. The first-order valence-corrected chi connectivity index (χ1v) is 6.22. The maximum absolute atomic E-state index is 11.8. The lowest BCUT2D eigenvalue weighted by Gasteiger charge is -2.04. The summed E-state index contributed by atoms with van der Waals surface area (Å²) in [5.41, 5.74) is 0.652. The third-order valence-corrected chi connectivity index (χ3v) is 3.21. The summed E-state index contributed by atoms with van der Waals surface area (Å²) in [5.74, 6) is -0.587. The fourth-order valence-corrected chi connectivity index (χ4v) is 2.09. The first-order chi connectivity index (χ1) is 8.97. The van der Waals surface area contributed by atoms with Crippen molar-refractivity contribution < 1.29 is 9.72 Å². The van der Waals surface area contributed by atoms with Crippen molar-refractivity contribution in [1.82, 2.24) is 10.2 Å². The van der Waals surface area contributed by atoms with Crippen LogP contribution >= 0.6 is 22.9 Å². The van der Waals surface area contributed by atoms with E-state index in [9.17, 15) is 14.9 Å². The lowest BCUT2D eigenvalue weighted by atomic mass is 10.2. The van der Waals surface area contributed by atoms with Crippen molar-refractivity contribution in [3.8, 4) is 0 Å². The zero-order chi connectivity index (χ0) is 14.0. The highest BCUT2D eigenvalue weighted by molar-refractivity contribution is 7.17. The molecule has 2 aromatic rings. The third-order valence-electron chi connectivity index (χ3n) is 2.19. The van der Waals surface area contributed by atoms with Crippen LogP contribution in [0.15, 0.2) is 18.2 Å². The molecule has 0 saturated heterocycles. The van der Waals surface area contributed by atoms with E-state index in [1.807, 2.05) is 0 Å². The molecule has 0 fully saturated rings. The van der Waals surface area contributed by atoms with Gasteiger partial charge in [0.2, 0.25) is 9.47 Å². The SMILES string of the molecule is Cc1ccc(NC(=O)c2nnc(Cl)s2)c([N+](=O)[O-])c1. The van der Waals surface area contributed by atoms with Crippen LogP contribution in [-0.4, -0.2) is 21.0 Å². The van der Waals surface area contributed by atoms with Crippen molar-refractivity contribution in [3.63, 3.8) is 0 Å². The van der Waals surface area contributed by atoms with Crippen molar-refractivity contribution in [2.24, 2.45) is 0 Å². The van der Waals surface area contributed by atoms with Crippen LogP contribution in [0.5, 0.6) is 0 Å². The molecule has 0 atom stereocenters. The number of carbonyl (C=O) groups excluding carboxylic acids is 1. The molecule has 1 amide bonds. The van der Waals surface area contributed by atoms with Gasteiger partial charge in [-0.05, 0) is 30.2 Å². The van der Waals surface area contributed by atoms with E-state index >= 15 is 0 Å². The molecule has 0 aliphatic heterocycles. The standard InChI is InChI=1S/C10H7ClN4O3S/c1-5-2-3-6(7(4-5)15(17)18)12-8(16)9-13-14-10(11)19-9/h2-4H,1H3,(H,12,16). The van der Waals surface area contributed by atoms with Crippen LogP contribution < -0.4 is 5.32 Å². The monoisotopic (exact) mass is 298 g/mol. The third kappa shape index (κ3) is 3.04. The quantitative estimate of drug-likeness (QED) is 0.694. The van der Waals surface area contributed by atoms with Gasteiger partial charge in [0, 0.05) is 6.07 Å². The zero-order valence-corrected chi connectivity index (χ0v) is 11.2. The van der Waals surface area contributed by atoms with Crippen LogP contribution in [0.1, 0.15) is 15.4 Å². The van der Waals surface area contributed by atoms with E-state index in [1.165, 1.54) is 12.1 Å². The van der Waals surface area contributed by atoms with Gasteiger partial charge in [-0.25, -0.2) is 0 Å². The Morgan fingerprint density at radius 2 is 2.21 bits per heavy atom. The van der Waals surface area contributed by atoms with Crippen molar-refractivity contribution in [2.45, 2.75) is 6.92 Å². The number of halogens is 1. The normalized spacial score (nSPS) is 10.2. The summed E-state index contributed by atoms with van der Waals surface area (Å²) in [4.78, 5) is 22.1. The number of rotatable bonds is 3. The molecule has 0 radical (unpaired) electrons. The second-order valence-electron chi connectivity index (χ2n) is 3.59. The number of nitro groups is 1. The predicted octanol–water partition coefficient (Wildman–Crippen LogP) is 2.66. The summed E-state index contributed by atoms with van der Waals surface area (Å²) in [7, 11) is 0. The fourth-order valence-electron chi connectivity index (χ4n) is 1.37. The minimum Gasteiger partial charge on any atom is -0.314 e. The van der Waals surface area contributed by atoms with Crippen LogP contribution in [0, 0.1) is 17.0 Å². The van der Waals surface area contributed by atoms with Gasteiger partial charge in [0.05, 0.1) is 4.92 Å². The molecule has 0 aliphatic carbocycles. The highest BCUT2D eigenvalue weighted by atomic mass is 35.5. The number of nitrogens with one attached hydrogen (secondary N) is 1. The maximum atomic E-state index is 11.8. The number of hydrogen-bond donors (Lipinski definition) is 1. The minimum absolute atomic E-state index is 0.0415. The summed E-state index contributed by atoms with van der Waals surface area (Å²) in [6, 6.07) is 4.51. The lowest BCUT2D eigenvalue weighted by Crippen LogP contribution is -2.13. The van der Waals surface area contributed by atoms with Gasteiger partial charge in [0.1, 0.15) is 5.69 Å². The highest BCUT2D eigenvalue weighted by Gasteiger charge is 2.18. The summed E-state index contributed by atoms with van der Waals surface area (Å²) < 4.78 is 0.128. The average molecular weight is 299 g/mol. The van der Waals surface area contributed by atoms with E-state index in [4.69, 9.17) is 11.6 Å². The number of anilines is 1. The predicted molar refractivity (Wildman–Crippen MR) is 70.7 cm³/mol. The largest absolute Gasteiger partial charge is 0.314 e. The Balaban J connectivity index is 2.28. The topological polar surface area (TPSA) is 98.0 Å². The molecule has 0 unspecified atom stereocenters. The number of nitrogens with zero attached hydrogens (tertiary/aromatic N) is 3. The molecule has 19 heavy (non-hydrogen) atoms. The van der Waals surface area contributed by atoms with Crippen molar-refractivity contribution in [3.05, 3.63) is 43.4 Å². The maximum Gasteiger partial charge on any atom is 0.293 e. The summed E-state index contributed by atoms with van der Waals surface area (Å²) in [6.07, 6.45) is 0. The molecule has 98 valence electrons. The van der Waals surface area contributed by atoms with Gasteiger partial charge in [-0.2, -0.15) is 0 Å². The second-order valence-corrected chi connectivity index (χ2v) is 5.15. The number of amides is 1. The molecule has 1 heterocycles. The smallest absolute Gasteiger partial charge is 0.293 e. The van der Waals surface area contributed by atoms with Gasteiger partial charge in [-0.15, -0.1) is 10.2 Å². The average Bonchev–Trinajstić information content (AvgIpc) is 2.78. The second kappa shape index (κ2) is 5.29. The Kier molecular flexibility index (Phi) is 3.72. The number of hydrogen-bond acceptors (Lipinski definition) is 6. The van der Waals surface area contributed by atoms with Crippen molar-refractivity contribution in [1.29, 1.82) is 0 Å². The number of carbonyl (C=O) groups is 1. The molecule has 1 aromatic heterocycles. The summed E-state index contributed by atoms with van der Waals surface area (Å²) >= 11 is 6.46. The summed E-state index contributed by atoms with van der Waals surface area (Å²) in [5, 5.41) is 20.4. The van der Waals surface area contributed by atoms with Crippen LogP contribution in [-0.2, 0) is 0 Å². The van der Waals surface area contributed by atoms with Crippen LogP contribution in [0.3, 0.4) is 0 Å². The fraction of sp³-hybridized carbons (Fsp3) is 0.100. The highest BCUT2D eigenvalue weighted by Crippen LogP contribution is 2.26. The Morgan fingerprint density at radius 3 is 2.79 bits per heavy atom. The van der Waals surface area contributed by atoms with Gasteiger partial charge in [-0.3, -0.25) is 14.9 Å². The van der Waals surface area contributed by atoms with Gasteiger partial charge in [0.15, 0.2) is 0 Å². The lowest BCUT2D eigenvalue weighted by molar-refractivity contribution is -0.384. The van der Waals surface area contributed by atoms with E-state index < -0.39 is 10.8 Å². The first-order valence-electron chi connectivity index (χ1n) is 5.03. The Morgan fingerprint density at radius 1 is 1.47 bits per heavy atom. The number of benzene rings is 1. The molecular formula is C10H7ClN4O3S. The van der Waals surface area contributed by atoms with Gasteiger partial charge in [-0.1, -0.05) is 17.4 Å². The molecule has 0 bridgehead atoms. The van der Waals surface area contributed by atoms with E-state index in [-0.39, 0.29) is 20.8 Å². The number of aryl methyl sites for hydroxylation is 1. The van der Waals surface area contributed by atoms with Crippen LogP contribution in [0.25, 0.3) is 0 Å². The molecule has 1 N–H and O–H groups in total. The summed E-state index contributed by atoms with van der Waals surface area (Å²) in [6.45, 7) is 1.73. The van der Waals surface area contributed by atoms with E-state index in [0.717, 1.165) is 16.9 Å². The molecule has 1 aromatic carbocycles. The van der Waals surface area contributed by atoms with Gasteiger partial charge < -0.3 is 5.32 Å². The molecular weight excluding hydrogens is 292 g/mol. The van der Waals surface area contributed by atoms with Crippen LogP contribution in [0.2, 0.25) is 4.47 Å². The molecule has 2 rings (SSSR count). The molecule has 7 nitrogen and oxygen atoms in total. The number of aromatic nitrogens is 2. The Bertz CT molecular complexity index is 658. The van der Waals surface area contributed by atoms with Crippen molar-refractivity contribution in [2.75, 3.05) is 5.32 Å². The number of nitro benzene ring substituents is 1. The molecule has 0 spiro atoms. The van der Waals surface area contributed by atoms with Crippen LogP contribution in [0.4, 0.5) is 11.4 Å². The Hall–Kier alpha value is -2.06. The molecule has 0 saturated carbocycles. The first kappa shape index (κ1) is 13.4. The van der Waals surface area contributed by atoms with E-state index in [0.29, 0.717) is 0 Å². The van der Waals surface area contributed by atoms with Gasteiger partial charge >= 0.3 is 0 Å².